The first-order chi connectivity index (χ1) is 18.4. The van der Waals surface area contributed by atoms with E-state index in [1.807, 2.05) is 0 Å². The van der Waals surface area contributed by atoms with Crippen molar-refractivity contribution in [2.24, 2.45) is 0 Å². The Balaban J connectivity index is 1.50. The molecule has 0 radical (unpaired) electrons. The Hall–Kier alpha value is -3.32. The molecule has 1 N–H and O–H groups in total. The SMILES string of the molecule is CCC(c1nnnn1C1CCCCC1)N(CCc1cccc(C)c1)Cc1cc2cc(C)cc(C)c2[nH]c1=O. The average Bonchev–Trinajstić information content (AvgIpc) is 3.38. The topological polar surface area (TPSA) is 79.7 Å². The third-order valence-electron chi connectivity index (χ3n) is 8.08. The number of nitrogens with one attached hydrogen (secondary N) is 1. The molecule has 200 valence electrons. The van der Waals surface area contributed by atoms with Crippen LogP contribution in [0.2, 0.25) is 0 Å². The first-order valence-electron chi connectivity index (χ1n) is 14.1. The number of H-pyrrole nitrogens is 1. The number of fused-ring (bicyclic) bond motifs is 1. The maximum absolute atomic E-state index is 13.3. The van der Waals surface area contributed by atoms with Gasteiger partial charge in [0.05, 0.1) is 17.6 Å². The molecule has 0 bridgehead atoms. The summed E-state index contributed by atoms with van der Waals surface area (Å²) in [4.78, 5) is 18.9. The first kappa shape index (κ1) is 26.3. The normalized spacial score (nSPS) is 15.4. The van der Waals surface area contributed by atoms with E-state index < -0.39 is 0 Å². The molecule has 1 aliphatic rings. The fourth-order valence-corrected chi connectivity index (χ4v) is 6.16. The van der Waals surface area contributed by atoms with Gasteiger partial charge in [-0.15, -0.1) is 5.10 Å². The highest BCUT2D eigenvalue weighted by atomic mass is 16.1. The molecule has 2 aromatic heterocycles. The second-order valence-electron chi connectivity index (χ2n) is 11.1. The summed E-state index contributed by atoms with van der Waals surface area (Å²) in [6, 6.07) is 15.4. The number of pyridine rings is 1. The summed E-state index contributed by atoms with van der Waals surface area (Å²) in [5.74, 6) is 0.924. The second-order valence-corrected chi connectivity index (χ2v) is 11.1. The Morgan fingerprint density at radius 3 is 2.63 bits per heavy atom. The Morgan fingerprint density at radius 2 is 1.87 bits per heavy atom. The van der Waals surface area contributed by atoms with E-state index in [-0.39, 0.29) is 11.6 Å². The van der Waals surface area contributed by atoms with Crippen molar-refractivity contribution in [3.8, 4) is 0 Å². The molecule has 1 unspecified atom stereocenters. The molecule has 7 nitrogen and oxygen atoms in total. The van der Waals surface area contributed by atoms with Gasteiger partial charge in [-0.1, -0.05) is 67.6 Å². The zero-order valence-corrected chi connectivity index (χ0v) is 23.2. The van der Waals surface area contributed by atoms with E-state index in [4.69, 9.17) is 0 Å². The van der Waals surface area contributed by atoms with Crippen LogP contribution in [0, 0.1) is 20.8 Å². The number of aromatic nitrogens is 5. The third-order valence-corrected chi connectivity index (χ3v) is 8.08. The quantitative estimate of drug-likeness (QED) is 0.291. The molecule has 1 aliphatic carbocycles. The smallest absolute Gasteiger partial charge is 0.252 e. The van der Waals surface area contributed by atoms with Crippen LogP contribution in [0.3, 0.4) is 0 Å². The fraction of sp³-hybridized carbons (Fsp3) is 0.484. The van der Waals surface area contributed by atoms with Crippen LogP contribution in [0.25, 0.3) is 10.9 Å². The number of rotatable bonds is 9. The van der Waals surface area contributed by atoms with Crippen molar-refractivity contribution >= 4 is 10.9 Å². The van der Waals surface area contributed by atoms with Crippen LogP contribution < -0.4 is 5.56 Å². The molecule has 2 heterocycles. The van der Waals surface area contributed by atoms with Crippen LogP contribution in [0.15, 0.2) is 47.3 Å². The second kappa shape index (κ2) is 11.6. The van der Waals surface area contributed by atoms with Gasteiger partial charge in [-0.2, -0.15) is 0 Å². The maximum atomic E-state index is 13.3. The molecule has 1 atom stereocenters. The van der Waals surface area contributed by atoms with Gasteiger partial charge in [0.25, 0.3) is 5.56 Å². The molecule has 2 aromatic carbocycles. The number of tetrazole rings is 1. The minimum atomic E-state index is -0.0215. The van der Waals surface area contributed by atoms with Crippen molar-refractivity contribution in [3.63, 3.8) is 0 Å². The monoisotopic (exact) mass is 512 g/mol. The molecule has 0 aliphatic heterocycles. The number of aromatic amines is 1. The Morgan fingerprint density at radius 1 is 1.05 bits per heavy atom. The minimum Gasteiger partial charge on any atom is -0.321 e. The number of benzene rings is 2. The molecule has 7 heteroatoms. The van der Waals surface area contributed by atoms with Crippen molar-refractivity contribution < 1.29 is 0 Å². The van der Waals surface area contributed by atoms with Crippen molar-refractivity contribution in [1.29, 1.82) is 0 Å². The summed E-state index contributed by atoms with van der Waals surface area (Å²) in [7, 11) is 0. The lowest BCUT2D eigenvalue weighted by Crippen LogP contribution is -2.35. The highest BCUT2D eigenvalue weighted by molar-refractivity contribution is 5.82. The van der Waals surface area contributed by atoms with Crippen molar-refractivity contribution in [1.82, 2.24) is 30.1 Å². The van der Waals surface area contributed by atoms with Gasteiger partial charge in [0.2, 0.25) is 0 Å². The van der Waals surface area contributed by atoms with Gasteiger partial charge in [0.15, 0.2) is 5.82 Å². The van der Waals surface area contributed by atoms with Crippen molar-refractivity contribution in [2.45, 2.75) is 91.3 Å². The highest BCUT2D eigenvalue weighted by Crippen LogP contribution is 2.32. The third kappa shape index (κ3) is 5.73. The highest BCUT2D eigenvalue weighted by Gasteiger charge is 2.29. The van der Waals surface area contributed by atoms with E-state index in [1.54, 1.807) is 0 Å². The van der Waals surface area contributed by atoms with Gasteiger partial charge in [0.1, 0.15) is 0 Å². The lowest BCUT2D eigenvalue weighted by molar-refractivity contribution is 0.165. The Labute approximate surface area is 225 Å². The summed E-state index contributed by atoms with van der Waals surface area (Å²) in [5, 5.41) is 14.2. The Bertz CT molecular complexity index is 1450. The number of hydrogen-bond acceptors (Lipinski definition) is 5. The van der Waals surface area contributed by atoms with Crippen LogP contribution in [-0.2, 0) is 13.0 Å². The summed E-state index contributed by atoms with van der Waals surface area (Å²) in [5.41, 5.74) is 6.53. The van der Waals surface area contributed by atoms with Gasteiger partial charge < -0.3 is 4.98 Å². The number of aryl methyl sites for hydroxylation is 3. The maximum Gasteiger partial charge on any atom is 0.252 e. The molecule has 0 saturated heterocycles. The van der Waals surface area contributed by atoms with E-state index >= 15 is 0 Å². The van der Waals surface area contributed by atoms with Crippen molar-refractivity contribution in [3.05, 3.63) is 86.5 Å². The summed E-state index contributed by atoms with van der Waals surface area (Å²) >= 11 is 0. The van der Waals surface area contributed by atoms with E-state index in [0.717, 1.165) is 60.1 Å². The van der Waals surface area contributed by atoms with E-state index in [2.05, 4.69) is 100 Å². The van der Waals surface area contributed by atoms with Gasteiger partial charge in [-0.05, 0) is 85.5 Å². The lowest BCUT2D eigenvalue weighted by atomic mass is 9.95. The summed E-state index contributed by atoms with van der Waals surface area (Å²) < 4.78 is 2.09. The van der Waals surface area contributed by atoms with Gasteiger partial charge in [-0.3, -0.25) is 9.69 Å². The lowest BCUT2D eigenvalue weighted by Gasteiger charge is -2.32. The van der Waals surface area contributed by atoms with Crippen LogP contribution in [0.1, 0.15) is 91.2 Å². The molecule has 5 rings (SSSR count). The number of hydrogen-bond donors (Lipinski definition) is 1. The molecular weight excluding hydrogens is 472 g/mol. The molecular formula is C31H40N6O. The molecule has 4 aromatic rings. The zero-order chi connectivity index (χ0) is 26.6. The van der Waals surface area contributed by atoms with Crippen LogP contribution in [0.4, 0.5) is 0 Å². The molecule has 1 saturated carbocycles. The molecule has 0 spiro atoms. The fourth-order valence-electron chi connectivity index (χ4n) is 6.16. The largest absolute Gasteiger partial charge is 0.321 e. The summed E-state index contributed by atoms with van der Waals surface area (Å²) in [6.45, 7) is 9.83. The first-order valence-corrected chi connectivity index (χ1v) is 14.1. The van der Waals surface area contributed by atoms with Crippen molar-refractivity contribution in [2.75, 3.05) is 6.54 Å². The molecule has 38 heavy (non-hydrogen) atoms. The Kier molecular flexibility index (Phi) is 8.03. The van der Waals surface area contributed by atoms with Gasteiger partial charge in [0, 0.05) is 18.7 Å². The molecule has 1 fully saturated rings. The predicted octanol–water partition coefficient (Wildman–Crippen LogP) is 6.14. The van der Waals surface area contributed by atoms with Gasteiger partial charge in [-0.25, -0.2) is 4.68 Å². The zero-order valence-electron chi connectivity index (χ0n) is 23.2. The van der Waals surface area contributed by atoms with E-state index in [1.165, 1.54) is 36.0 Å². The van der Waals surface area contributed by atoms with Crippen LogP contribution in [0.5, 0.6) is 0 Å². The standard InChI is InChI=1S/C31H40N6O/c1-5-28(30-33-34-35-37(30)27-12-7-6-8-13-27)36(15-14-24-11-9-10-21(2)17-24)20-26-19-25-18-22(3)16-23(4)29(25)32-31(26)38/h9-11,16-19,27-28H,5-8,12-15,20H2,1-4H3,(H,32,38). The van der Waals surface area contributed by atoms with Crippen LogP contribution >= 0.6 is 0 Å². The predicted molar refractivity (Wildman–Crippen MR) is 152 cm³/mol. The minimum absolute atomic E-state index is 0.0195. The van der Waals surface area contributed by atoms with Crippen LogP contribution in [-0.4, -0.2) is 36.6 Å². The molecule has 0 amide bonds. The van der Waals surface area contributed by atoms with E-state index in [9.17, 15) is 4.79 Å². The summed E-state index contributed by atoms with van der Waals surface area (Å²) in [6.07, 6.45) is 7.75. The average molecular weight is 513 g/mol. The van der Waals surface area contributed by atoms with E-state index in [0.29, 0.717) is 12.6 Å². The van der Waals surface area contributed by atoms with Gasteiger partial charge >= 0.3 is 0 Å². The number of nitrogens with zero attached hydrogens (tertiary/aromatic N) is 5.